The summed E-state index contributed by atoms with van der Waals surface area (Å²) in [6, 6.07) is 11.8. The molecular weight excluding hydrogens is 398 g/mol. The molecule has 2 N–H and O–H groups in total. The largest absolute Gasteiger partial charge is 0.456 e. The van der Waals surface area contributed by atoms with Gasteiger partial charge < -0.3 is 15.0 Å². The van der Waals surface area contributed by atoms with E-state index in [1.807, 2.05) is 32.0 Å². The summed E-state index contributed by atoms with van der Waals surface area (Å²) in [5.74, 6) is -1.65. The standard InChI is InChI=1S/C23H23N3O5/c1-14-8-9-19(15(2)12-14)24-23(30)25-20(27)13-31-21(28)10-11-26-16(3)17-6-4-5-7-18(17)22(26)29/h4-9,12H,3,10-11,13H2,1-2H3,(H2,24,25,27,30). The second-order valence-electron chi connectivity index (χ2n) is 7.18. The lowest BCUT2D eigenvalue weighted by Gasteiger charge is -2.16. The monoisotopic (exact) mass is 421 g/mol. The predicted octanol–water partition coefficient (Wildman–Crippen LogP) is 3.01. The maximum atomic E-state index is 12.4. The first kappa shape index (κ1) is 21.8. The summed E-state index contributed by atoms with van der Waals surface area (Å²) in [4.78, 5) is 49.6. The molecule has 0 aliphatic carbocycles. The average Bonchev–Trinajstić information content (AvgIpc) is 2.97. The van der Waals surface area contributed by atoms with Crippen LogP contribution < -0.4 is 10.6 Å². The summed E-state index contributed by atoms with van der Waals surface area (Å²) >= 11 is 0. The van der Waals surface area contributed by atoms with Gasteiger partial charge in [-0.05, 0) is 31.5 Å². The topological polar surface area (TPSA) is 105 Å². The Morgan fingerprint density at radius 3 is 2.45 bits per heavy atom. The Morgan fingerprint density at radius 2 is 1.77 bits per heavy atom. The molecule has 0 aromatic heterocycles. The zero-order valence-electron chi connectivity index (χ0n) is 17.4. The van der Waals surface area contributed by atoms with Crippen LogP contribution >= 0.6 is 0 Å². The van der Waals surface area contributed by atoms with Gasteiger partial charge in [-0.2, -0.15) is 0 Å². The molecule has 0 radical (unpaired) electrons. The highest BCUT2D eigenvalue weighted by molar-refractivity contribution is 6.09. The molecule has 1 aliphatic heterocycles. The molecule has 8 heteroatoms. The van der Waals surface area contributed by atoms with Gasteiger partial charge in [-0.25, -0.2) is 4.79 Å². The van der Waals surface area contributed by atoms with Crippen molar-refractivity contribution < 1.29 is 23.9 Å². The summed E-state index contributed by atoms with van der Waals surface area (Å²) in [6.45, 7) is 7.15. The zero-order chi connectivity index (χ0) is 22.5. The molecule has 3 rings (SSSR count). The number of hydrogen-bond donors (Lipinski definition) is 2. The quantitative estimate of drug-likeness (QED) is 0.698. The molecule has 0 spiro atoms. The van der Waals surface area contributed by atoms with Crippen molar-refractivity contribution in [1.29, 1.82) is 0 Å². The maximum Gasteiger partial charge on any atom is 0.325 e. The first-order valence-electron chi connectivity index (χ1n) is 9.70. The van der Waals surface area contributed by atoms with E-state index in [4.69, 9.17) is 4.74 Å². The second kappa shape index (κ2) is 9.25. The van der Waals surface area contributed by atoms with E-state index in [1.165, 1.54) is 4.90 Å². The van der Waals surface area contributed by atoms with Crippen LogP contribution in [0.4, 0.5) is 10.5 Å². The number of hydrogen-bond acceptors (Lipinski definition) is 5. The molecular formula is C23H23N3O5. The van der Waals surface area contributed by atoms with E-state index in [-0.39, 0.29) is 18.9 Å². The number of esters is 1. The number of nitrogens with zero attached hydrogens (tertiary/aromatic N) is 1. The SMILES string of the molecule is C=C1c2ccccc2C(=O)N1CCC(=O)OCC(=O)NC(=O)Nc1ccc(C)cc1C. The lowest BCUT2D eigenvalue weighted by atomic mass is 10.1. The van der Waals surface area contributed by atoms with Crippen molar-refractivity contribution in [2.75, 3.05) is 18.5 Å². The number of rotatable bonds is 6. The lowest BCUT2D eigenvalue weighted by Crippen LogP contribution is -2.37. The van der Waals surface area contributed by atoms with Crippen molar-refractivity contribution in [2.24, 2.45) is 0 Å². The number of ether oxygens (including phenoxy) is 1. The molecule has 0 bridgehead atoms. The normalized spacial score (nSPS) is 12.4. The molecule has 2 aromatic rings. The van der Waals surface area contributed by atoms with Crippen molar-refractivity contribution in [3.8, 4) is 0 Å². The van der Waals surface area contributed by atoms with Crippen molar-refractivity contribution >= 4 is 35.2 Å². The van der Waals surface area contributed by atoms with Crippen LogP contribution in [0.15, 0.2) is 49.0 Å². The Labute approximate surface area is 179 Å². The first-order chi connectivity index (χ1) is 14.8. The number of carbonyl (C=O) groups is 4. The Morgan fingerprint density at radius 1 is 1.06 bits per heavy atom. The number of anilines is 1. The van der Waals surface area contributed by atoms with Gasteiger partial charge in [-0.1, -0.05) is 42.5 Å². The molecule has 4 amide bonds. The highest BCUT2D eigenvalue weighted by atomic mass is 16.5. The highest BCUT2D eigenvalue weighted by Crippen LogP contribution is 2.31. The molecule has 0 fully saturated rings. The molecule has 31 heavy (non-hydrogen) atoms. The van der Waals surface area contributed by atoms with E-state index in [9.17, 15) is 19.2 Å². The van der Waals surface area contributed by atoms with Crippen LogP contribution in [0.2, 0.25) is 0 Å². The predicted molar refractivity (Wildman–Crippen MR) is 115 cm³/mol. The van der Waals surface area contributed by atoms with Gasteiger partial charge in [0.05, 0.1) is 6.42 Å². The fourth-order valence-corrected chi connectivity index (χ4v) is 3.26. The van der Waals surface area contributed by atoms with Gasteiger partial charge >= 0.3 is 12.0 Å². The van der Waals surface area contributed by atoms with Crippen LogP contribution in [0, 0.1) is 13.8 Å². The van der Waals surface area contributed by atoms with E-state index in [0.717, 1.165) is 16.7 Å². The van der Waals surface area contributed by atoms with Gasteiger partial charge in [0.2, 0.25) is 0 Å². The third kappa shape index (κ3) is 5.16. The summed E-state index contributed by atoms with van der Waals surface area (Å²) in [5, 5.41) is 4.68. The minimum Gasteiger partial charge on any atom is -0.456 e. The van der Waals surface area contributed by atoms with E-state index in [2.05, 4.69) is 17.2 Å². The molecule has 0 saturated carbocycles. The third-order valence-electron chi connectivity index (χ3n) is 4.83. The Kier molecular flexibility index (Phi) is 6.49. The highest BCUT2D eigenvalue weighted by Gasteiger charge is 2.30. The Hall–Kier alpha value is -3.94. The molecule has 0 atom stereocenters. The van der Waals surface area contributed by atoms with Crippen LogP contribution in [-0.2, 0) is 14.3 Å². The maximum absolute atomic E-state index is 12.4. The van der Waals surface area contributed by atoms with E-state index in [1.54, 1.807) is 24.3 Å². The number of carbonyl (C=O) groups excluding carboxylic acids is 4. The van der Waals surface area contributed by atoms with Crippen molar-refractivity contribution in [3.63, 3.8) is 0 Å². The number of benzene rings is 2. The molecule has 1 heterocycles. The van der Waals surface area contributed by atoms with Crippen LogP contribution in [0.5, 0.6) is 0 Å². The zero-order valence-corrected chi connectivity index (χ0v) is 17.4. The smallest absolute Gasteiger partial charge is 0.325 e. The molecule has 8 nitrogen and oxygen atoms in total. The van der Waals surface area contributed by atoms with Gasteiger partial charge in [-0.3, -0.25) is 19.7 Å². The number of aryl methyl sites for hydroxylation is 2. The van der Waals surface area contributed by atoms with Gasteiger partial charge in [0.25, 0.3) is 11.8 Å². The van der Waals surface area contributed by atoms with Gasteiger partial charge in [-0.15, -0.1) is 0 Å². The van der Waals surface area contributed by atoms with Crippen LogP contribution in [-0.4, -0.2) is 41.9 Å². The molecule has 1 aliphatic rings. The Balaban J connectivity index is 1.41. The summed E-state index contributed by atoms with van der Waals surface area (Å²) in [7, 11) is 0. The summed E-state index contributed by atoms with van der Waals surface area (Å²) < 4.78 is 4.90. The number of imide groups is 1. The van der Waals surface area contributed by atoms with Crippen molar-refractivity contribution in [2.45, 2.75) is 20.3 Å². The number of amides is 4. The molecule has 160 valence electrons. The van der Waals surface area contributed by atoms with Crippen molar-refractivity contribution in [3.05, 3.63) is 71.3 Å². The van der Waals surface area contributed by atoms with Gasteiger partial charge in [0.15, 0.2) is 6.61 Å². The minimum absolute atomic E-state index is 0.0833. The van der Waals surface area contributed by atoms with Gasteiger partial charge in [0, 0.05) is 29.1 Å². The van der Waals surface area contributed by atoms with Crippen molar-refractivity contribution in [1.82, 2.24) is 10.2 Å². The third-order valence-corrected chi connectivity index (χ3v) is 4.83. The minimum atomic E-state index is -0.760. The fraction of sp³-hybridized carbons (Fsp3) is 0.217. The molecule has 0 unspecified atom stereocenters. The fourth-order valence-electron chi connectivity index (χ4n) is 3.26. The first-order valence-corrected chi connectivity index (χ1v) is 9.70. The number of nitrogens with one attached hydrogen (secondary N) is 2. The Bertz CT molecular complexity index is 1040. The lowest BCUT2D eigenvalue weighted by molar-refractivity contribution is -0.148. The average molecular weight is 421 g/mol. The van der Waals surface area contributed by atoms with E-state index in [0.29, 0.717) is 16.9 Å². The second-order valence-corrected chi connectivity index (χ2v) is 7.18. The van der Waals surface area contributed by atoms with E-state index >= 15 is 0 Å². The summed E-state index contributed by atoms with van der Waals surface area (Å²) in [5.41, 5.74) is 4.27. The number of urea groups is 1. The van der Waals surface area contributed by atoms with Crippen LogP contribution in [0.3, 0.4) is 0 Å². The molecule has 0 saturated heterocycles. The van der Waals surface area contributed by atoms with Crippen LogP contribution in [0.25, 0.3) is 5.70 Å². The van der Waals surface area contributed by atoms with Gasteiger partial charge in [0.1, 0.15) is 0 Å². The van der Waals surface area contributed by atoms with Crippen LogP contribution in [0.1, 0.15) is 33.5 Å². The molecule has 2 aromatic carbocycles. The number of fused-ring (bicyclic) bond motifs is 1. The van der Waals surface area contributed by atoms with E-state index < -0.39 is 24.5 Å². The summed E-state index contributed by atoms with van der Waals surface area (Å²) in [6.07, 6.45) is -0.110.